The highest BCUT2D eigenvalue weighted by molar-refractivity contribution is 5.07. The minimum absolute atomic E-state index is 0.432. The number of nitrogens with one attached hydrogen (secondary N) is 1. The normalized spacial score (nSPS) is 18.4. The molecule has 2 N–H and O–H groups in total. The maximum absolute atomic E-state index is 9.87. The third-order valence-electron chi connectivity index (χ3n) is 2.57. The zero-order chi connectivity index (χ0) is 9.97. The van der Waals surface area contributed by atoms with Crippen molar-refractivity contribution in [3.63, 3.8) is 0 Å². The van der Waals surface area contributed by atoms with E-state index in [2.05, 4.69) is 14.9 Å². The summed E-state index contributed by atoms with van der Waals surface area (Å²) in [6, 6.07) is 0.587. The van der Waals surface area contributed by atoms with Crippen molar-refractivity contribution in [1.82, 2.24) is 14.9 Å². The van der Waals surface area contributed by atoms with Gasteiger partial charge in [0, 0.05) is 12.6 Å². The Kier molecular flexibility index (Phi) is 2.84. The molecule has 0 aromatic carbocycles. The fourth-order valence-corrected chi connectivity index (χ4v) is 1.62. The molecule has 4 heteroatoms. The van der Waals surface area contributed by atoms with Crippen LogP contribution in [0.3, 0.4) is 0 Å². The van der Waals surface area contributed by atoms with Gasteiger partial charge in [0.05, 0.1) is 18.2 Å². The number of nitrogens with zero attached hydrogens (tertiary/aromatic N) is 2. The van der Waals surface area contributed by atoms with Gasteiger partial charge in [-0.25, -0.2) is 4.98 Å². The molecule has 1 aliphatic rings. The van der Waals surface area contributed by atoms with Gasteiger partial charge >= 0.3 is 0 Å². The molecule has 1 saturated carbocycles. The van der Waals surface area contributed by atoms with Crippen molar-refractivity contribution in [2.45, 2.75) is 31.9 Å². The molecule has 0 spiro atoms. The number of imidazole rings is 1. The van der Waals surface area contributed by atoms with Gasteiger partial charge in [0.1, 0.15) is 6.10 Å². The number of likely N-dealkylation sites (N-methyl/N-ethyl adjacent to an activating group) is 1. The molecule has 1 unspecified atom stereocenters. The molecule has 1 aromatic rings. The number of aliphatic hydroxyl groups excluding tert-OH is 1. The molecule has 1 aromatic heterocycles. The summed E-state index contributed by atoms with van der Waals surface area (Å²) in [5.41, 5.74) is 0.938. The van der Waals surface area contributed by atoms with Gasteiger partial charge in [0.2, 0.25) is 0 Å². The molecule has 14 heavy (non-hydrogen) atoms. The van der Waals surface area contributed by atoms with Crippen LogP contribution in [0, 0.1) is 0 Å². The first kappa shape index (κ1) is 9.68. The van der Waals surface area contributed by atoms with Crippen LogP contribution in [0.15, 0.2) is 12.5 Å². The highest BCUT2D eigenvalue weighted by Gasteiger charge is 2.27. The smallest absolute Gasteiger partial charge is 0.108 e. The van der Waals surface area contributed by atoms with E-state index in [0.717, 1.165) is 12.2 Å². The average molecular weight is 195 g/mol. The minimum atomic E-state index is -0.432. The Hall–Kier alpha value is -0.870. The van der Waals surface area contributed by atoms with Gasteiger partial charge in [0.15, 0.2) is 0 Å². The fraction of sp³-hybridized carbons (Fsp3) is 0.700. The Morgan fingerprint density at radius 3 is 3.14 bits per heavy atom. The van der Waals surface area contributed by atoms with Gasteiger partial charge in [-0.3, -0.25) is 0 Å². The van der Waals surface area contributed by atoms with Gasteiger partial charge in [0.25, 0.3) is 0 Å². The molecule has 0 aliphatic heterocycles. The first-order chi connectivity index (χ1) is 6.83. The zero-order valence-electron chi connectivity index (χ0n) is 8.48. The van der Waals surface area contributed by atoms with Crippen molar-refractivity contribution in [2.75, 3.05) is 13.1 Å². The van der Waals surface area contributed by atoms with E-state index in [4.69, 9.17) is 0 Å². The molecule has 0 bridgehead atoms. The van der Waals surface area contributed by atoms with Gasteiger partial charge in [-0.05, 0) is 19.4 Å². The summed E-state index contributed by atoms with van der Waals surface area (Å²) in [5.74, 6) is 0. The second kappa shape index (κ2) is 4.11. The summed E-state index contributed by atoms with van der Waals surface area (Å²) < 4.78 is 2.10. The molecule has 0 amide bonds. The van der Waals surface area contributed by atoms with Crippen LogP contribution in [0.1, 0.15) is 37.6 Å². The predicted molar refractivity (Wildman–Crippen MR) is 54.0 cm³/mol. The Balaban J connectivity index is 2.02. The summed E-state index contributed by atoms with van der Waals surface area (Å²) in [7, 11) is 0. The van der Waals surface area contributed by atoms with Crippen LogP contribution in [0.25, 0.3) is 0 Å². The predicted octanol–water partition coefficient (Wildman–Crippen LogP) is 0.861. The van der Waals surface area contributed by atoms with Crippen LogP contribution in [-0.4, -0.2) is 27.7 Å². The van der Waals surface area contributed by atoms with Crippen LogP contribution in [0.5, 0.6) is 0 Å². The lowest BCUT2D eigenvalue weighted by molar-refractivity contribution is 0.166. The van der Waals surface area contributed by atoms with Gasteiger partial charge in [-0.15, -0.1) is 0 Å². The van der Waals surface area contributed by atoms with Crippen molar-refractivity contribution >= 4 is 0 Å². The maximum atomic E-state index is 9.87. The standard InChI is InChI=1S/C10H17N3O/c1-2-11-6-10(14)9-5-12-7-13(9)8-3-4-8/h5,7-8,10-11,14H,2-4,6H2,1H3. The molecular formula is C10H17N3O. The lowest BCUT2D eigenvalue weighted by Crippen LogP contribution is -2.22. The highest BCUT2D eigenvalue weighted by Crippen LogP contribution is 2.36. The molecule has 2 rings (SSSR count). The fourth-order valence-electron chi connectivity index (χ4n) is 1.62. The molecule has 78 valence electrons. The lowest BCUT2D eigenvalue weighted by Gasteiger charge is -2.13. The van der Waals surface area contributed by atoms with Gasteiger partial charge < -0.3 is 15.0 Å². The van der Waals surface area contributed by atoms with Crippen molar-refractivity contribution < 1.29 is 5.11 Å². The van der Waals surface area contributed by atoms with Crippen molar-refractivity contribution in [2.24, 2.45) is 0 Å². The summed E-state index contributed by atoms with van der Waals surface area (Å²) >= 11 is 0. The van der Waals surface area contributed by atoms with E-state index < -0.39 is 6.10 Å². The molecule has 4 nitrogen and oxygen atoms in total. The topological polar surface area (TPSA) is 50.1 Å². The first-order valence-corrected chi connectivity index (χ1v) is 5.23. The molecule has 1 heterocycles. The molecule has 0 saturated heterocycles. The Labute approximate surface area is 84.0 Å². The van der Waals surface area contributed by atoms with E-state index in [1.54, 1.807) is 6.20 Å². The third-order valence-corrected chi connectivity index (χ3v) is 2.57. The molecule has 1 atom stereocenters. The van der Waals surface area contributed by atoms with E-state index in [9.17, 15) is 5.11 Å². The second-order valence-corrected chi connectivity index (χ2v) is 3.78. The van der Waals surface area contributed by atoms with Crippen molar-refractivity contribution in [1.29, 1.82) is 0 Å². The highest BCUT2D eigenvalue weighted by atomic mass is 16.3. The summed E-state index contributed by atoms with van der Waals surface area (Å²) in [5, 5.41) is 13.0. The van der Waals surface area contributed by atoms with E-state index in [1.165, 1.54) is 12.8 Å². The third kappa shape index (κ3) is 1.96. The van der Waals surface area contributed by atoms with Crippen LogP contribution in [0.4, 0.5) is 0 Å². The van der Waals surface area contributed by atoms with Gasteiger partial charge in [-0.2, -0.15) is 0 Å². The Bertz CT molecular complexity index is 293. The summed E-state index contributed by atoms with van der Waals surface area (Å²) in [6.45, 7) is 3.52. The van der Waals surface area contributed by atoms with E-state index >= 15 is 0 Å². The quantitative estimate of drug-likeness (QED) is 0.732. The van der Waals surface area contributed by atoms with Crippen molar-refractivity contribution in [3.05, 3.63) is 18.2 Å². The van der Waals surface area contributed by atoms with E-state index in [-0.39, 0.29) is 0 Å². The molecular weight excluding hydrogens is 178 g/mol. The number of hydrogen-bond donors (Lipinski definition) is 2. The first-order valence-electron chi connectivity index (χ1n) is 5.23. The number of rotatable bonds is 5. The number of hydrogen-bond acceptors (Lipinski definition) is 3. The monoisotopic (exact) mass is 195 g/mol. The zero-order valence-corrected chi connectivity index (χ0v) is 8.48. The second-order valence-electron chi connectivity index (χ2n) is 3.78. The van der Waals surface area contributed by atoms with Crippen LogP contribution >= 0.6 is 0 Å². The van der Waals surface area contributed by atoms with Crippen molar-refractivity contribution in [3.8, 4) is 0 Å². The Morgan fingerprint density at radius 2 is 2.50 bits per heavy atom. The molecule has 1 aliphatic carbocycles. The summed E-state index contributed by atoms with van der Waals surface area (Å²) in [6.07, 6.45) is 5.59. The minimum Gasteiger partial charge on any atom is -0.385 e. The van der Waals surface area contributed by atoms with Crippen LogP contribution in [0.2, 0.25) is 0 Å². The molecule has 0 radical (unpaired) electrons. The Morgan fingerprint density at radius 1 is 1.71 bits per heavy atom. The molecule has 1 fully saturated rings. The average Bonchev–Trinajstić information content (AvgIpc) is 2.93. The summed E-state index contributed by atoms with van der Waals surface area (Å²) in [4.78, 5) is 4.09. The van der Waals surface area contributed by atoms with Crippen LogP contribution in [-0.2, 0) is 0 Å². The van der Waals surface area contributed by atoms with Crippen LogP contribution < -0.4 is 5.32 Å². The lowest BCUT2D eigenvalue weighted by atomic mass is 10.2. The van der Waals surface area contributed by atoms with Gasteiger partial charge in [-0.1, -0.05) is 6.92 Å². The number of aromatic nitrogens is 2. The largest absolute Gasteiger partial charge is 0.385 e. The number of aliphatic hydroxyl groups is 1. The van der Waals surface area contributed by atoms with E-state index in [0.29, 0.717) is 12.6 Å². The van der Waals surface area contributed by atoms with E-state index in [1.807, 2.05) is 13.3 Å². The SMILES string of the molecule is CCNCC(O)c1cncn1C1CC1. The maximum Gasteiger partial charge on any atom is 0.108 e.